The summed E-state index contributed by atoms with van der Waals surface area (Å²) in [6, 6.07) is 0. The minimum atomic E-state index is -0.917. The highest BCUT2D eigenvalue weighted by atomic mass is 32.2. The van der Waals surface area contributed by atoms with Crippen molar-refractivity contribution in [1.29, 1.82) is 0 Å². The van der Waals surface area contributed by atoms with E-state index >= 15 is 0 Å². The highest BCUT2D eigenvalue weighted by molar-refractivity contribution is 7.98. The van der Waals surface area contributed by atoms with Gasteiger partial charge in [0.05, 0.1) is 6.42 Å². The first kappa shape index (κ1) is 20.4. The van der Waals surface area contributed by atoms with Gasteiger partial charge in [-0.15, -0.1) is 0 Å². The molecule has 1 aromatic rings. The van der Waals surface area contributed by atoms with Crippen LogP contribution in [0.25, 0.3) is 0 Å². The number of hydrogen-bond acceptors (Lipinski definition) is 5. The SMILES string of the molecule is CSc1nc(C)c(CCC(=O)NC(C)(CC(=O)O)C(C)C)c(C)n1. The summed E-state index contributed by atoms with van der Waals surface area (Å²) in [6.45, 7) is 9.43. The molecule has 0 fully saturated rings. The van der Waals surface area contributed by atoms with Crippen LogP contribution in [0.15, 0.2) is 5.16 Å². The molecule has 1 heterocycles. The van der Waals surface area contributed by atoms with Gasteiger partial charge in [-0.3, -0.25) is 9.59 Å². The van der Waals surface area contributed by atoms with Crippen LogP contribution in [0.2, 0.25) is 0 Å². The van der Waals surface area contributed by atoms with E-state index in [1.807, 2.05) is 34.0 Å². The van der Waals surface area contributed by atoms with E-state index in [0.717, 1.165) is 22.1 Å². The molecule has 1 rings (SSSR count). The Morgan fingerprint density at radius 1 is 1.25 bits per heavy atom. The summed E-state index contributed by atoms with van der Waals surface area (Å²) in [5.41, 5.74) is 1.99. The van der Waals surface area contributed by atoms with Crippen molar-refractivity contribution in [3.63, 3.8) is 0 Å². The molecule has 0 spiro atoms. The zero-order valence-electron chi connectivity index (χ0n) is 15.3. The van der Waals surface area contributed by atoms with Crippen molar-refractivity contribution < 1.29 is 14.7 Å². The predicted molar refractivity (Wildman–Crippen MR) is 95.2 cm³/mol. The molecule has 1 unspecified atom stereocenters. The third-order valence-electron chi connectivity index (χ3n) is 4.40. The molecule has 7 heteroatoms. The van der Waals surface area contributed by atoms with Gasteiger partial charge in [0.1, 0.15) is 0 Å². The van der Waals surface area contributed by atoms with E-state index in [4.69, 9.17) is 5.11 Å². The zero-order chi connectivity index (χ0) is 18.5. The number of amides is 1. The summed E-state index contributed by atoms with van der Waals surface area (Å²) in [6.07, 6.45) is 2.65. The fourth-order valence-electron chi connectivity index (χ4n) is 2.49. The zero-order valence-corrected chi connectivity index (χ0v) is 16.1. The number of hydrogen-bond donors (Lipinski definition) is 2. The summed E-state index contributed by atoms with van der Waals surface area (Å²) in [5.74, 6) is -1.05. The van der Waals surface area contributed by atoms with Crippen molar-refractivity contribution in [2.24, 2.45) is 5.92 Å². The van der Waals surface area contributed by atoms with Crippen LogP contribution >= 0.6 is 11.8 Å². The van der Waals surface area contributed by atoms with Gasteiger partial charge in [0, 0.05) is 23.3 Å². The van der Waals surface area contributed by atoms with Crippen molar-refractivity contribution in [2.75, 3.05) is 6.26 Å². The van der Waals surface area contributed by atoms with Crippen molar-refractivity contribution in [3.8, 4) is 0 Å². The van der Waals surface area contributed by atoms with E-state index in [1.165, 1.54) is 11.8 Å². The van der Waals surface area contributed by atoms with Crippen LogP contribution < -0.4 is 5.32 Å². The molecule has 0 radical (unpaired) electrons. The van der Waals surface area contributed by atoms with E-state index in [-0.39, 0.29) is 24.7 Å². The first-order valence-corrected chi connectivity index (χ1v) is 9.22. The van der Waals surface area contributed by atoms with Crippen molar-refractivity contribution in [3.05, 3.63) is 17.0 Å². The van der Waals surface area contributed by atoms with Gasteiger partial charge in [-0.25, -0.2) is 9.97 Å². The summed E-state index contributed by atoms with van der Waals surface area (Å²) in [7, 11) is 0. The maximum Gasteiger partial charge on any atom is 0.305 e. The van der Waals surface area contributed by atoms with Crippen molar-refractivity contribution in [2.45, 2.75) is 64.6 Å². The highest BCUT2D eigenvalue weighted by Gasteiger charge is 2.32. The minimum absolute atomic E-state index is 0.0187. The van der Waals surface area contributed by atoms with E-state index in [2.05, 4.69) is 15.3 Å². The smallest absolute Gasteiger partial charge is 0.305 e. The Bertz CT molecular complexity index is 596. The number of nitrogens with zero attached hydrogens (tertiary/aromatic N) is 2. The lowest BCUT2D eigenvalue weighted by Crippen LogP contribution is -2.51. The van der Waals surface area contributed by atoms with Crippen LogP contribution in [0.4, 0.5) is 0 Å². The molecule has 0 aliphatic rings. The first-order valence-electron chi connectivity index (χ1n) is 8.00. The standard InChI is InChI=1S/C17H27N3O3S/c1-10(2)17(5,9-15(22)23)20-14(21)8-7-13-11(3)18-16(24-6)19-12(13)4/h10H,7-9H2,1-6H3,(H,20,21)(H,22,23). The number of carbonyl (C=O) groups is 2. The lowest BCUT2D eigenvalue weighted by molar-refractivity contribution is -0.139. The van der Waals surface area contributed by atoms with Crippen LogP contribution in [-0.4, -0.2) is 38.7 Å². The lowest BCUT2D eigenvalue weighted by atomic mass is 9.85. The molecule has 0 aliphatic heterocycles. The number of rotatable bonds is 8. The monoisotopic (exact) mass is 353 g/mol. The second-order valence-corrected chi connectivity index (χ2v) is 7.32. The molecular weight excluding hydrogens is 326 g/mol. The average Bonchev–Trinajstić information content (AvgIpc) is 2.44. The van der Waals surface area contributed by atoms with Crippen LogP contribution in [0, 0.1) is 19.8 Å². The van der Waals surface area contributed by atoms with Crippen LogP contribution in [-0.2, 0) is 16.0 Å². The molecule has 134 valence electrons. The summed E-state index contributed by atoms with van der Waals surface area (Å²) in [4.78, 5) is 32.2. The second-order valence-electron chi connectivity index (χ2n) is 6.55. The Morgan fingerprint density at radius 2 is 1.79 bits per heavy atom. The maximum atomic E-state index is 12.3. The fourth-order valence-corrected chi connectivity index (χ4v) is 2.94. The van der Waals surface area contributed by atoms with Gasteiger partial charge in [0.25, 0.3) is 0 Å². The molecule has 1 atom stereocenters. The first-order chi connectivity index (χ1) is 11.1. The molecule has 0 saturated carbocycles. The van der Waals surface area contributed by atoms with Crippen LogP contribution in [0.1, 0.15) is 50.6 Å². The molecule has 0 bridgehead atoms. The number of aryl methyl sites for hydroxylation is 2. The number of aliphatic carboxylic acids is 1. The van der Waals surface area contributed by atoms with Crippen molar-refractivity contribution in [1.82, 2.24) is 15.3 Å². The number of carboxylic acids is 1. The van der Waals surface area contributed by atoms with E-state index in [1.54, 1.807) is 6.92 Å². The molecular formula is C17H27N3O3S. The molecule has 0 saturated heterocycles. The third kappa shape index (κ3) is 5.47. The molecule has 6 nitrogen and oxygen atoms in total. The van der Waals surface area contributed by atoms with Gasteiger partial charge < -0.3 is 10.4 Å². The van der Waals surface area contributed by atoms with E-state index in [0.29, 0.717) is 6.42 Å². The fraction of sp³-hybridized carbons (Fsp3) is 0.647. The predicted octanol–water partition coefficient (Wildman–Crippen LogP) is 2.75. The second kappa shape index (κ2) is 8.46. The van der Waals surface area contributed by atoms with Gasteiger partial charge in [-0.1, -0.05) is 25.6 Å². The van der Waals surface area contributed by atoms with Crippen LogP contribution in [0.3, 0.4) is 0 Å². The summed E-state index contributed by atoms with van der Waals surface area (Å²) in [5, 5.41) is 12.7. The minimum Gasteiger partial charge on any atom is -0.481 e. The normalized spacial score (nSPS) is 13.6. The van der Waals surface area contributed by atoms with E-state index < -0.39 is 11.5 Å². The molecule has 0 aromatic carbocycles. The molecule has 0 aliphatic carbocycles. The van der Waals surface area contributed by atoms with Gasteiger partial charge in [0.2, 0.25) is 5.91 Å². The van der Waals surface area contributed by atoms with Crippen LogP contribution in [0.5, 0.6) is 0 Å². The Morgan fingerprint density at radius 3 is 2.21 bits per heavy atom. The Kier molecular flexibility index (Phi) is 7.20. The Labute approximate surface area is 147 Å². The molecule has 1 aromatic heterocycles. The van der Waals surface area contributed by atoms with E-state index in [9.17, 15) is 9.59 Å². The third-order valence-corrected chi connectivity index (χ3v) is 4.95. The summed E-state index contributed by atoms with van der Waals surface area (Å²) >= 11 is 1.49. The summed E-state index contributed by atoms with van der Waals surface area (Å²) < 4.78 is 0. The Balaban J connectivity index is 2.77. The van der Waals surface area contributed by atoms with Crippen molar-refractivity contribution >= 4 is 23.6 Å². The van der Waals surface area contributed by atoms with Gasteiger partial charge in [-0.2, -0.15) is 0 Å². The number of carbonyl (C=O) groups excluding carboxylic acids is 1. The molecule has 2 N–H and O–H groups in total. The topological polar surface area (TPSA) is 92.2 Å². The van der Waals surface area contributed by atoms with Gasteiger partial charge in [-0.05, 0) is 44.9 Å². The maximum absolute atomic E-state index is 12.3. The lowest BCUT2D eigenvalue weighted by Gasteiger charge is -2.33. The number of carboxylic acid groups (broad SMARTS) is 1. The molecule has 24 heavy (non-hydrogen) atoms. The number of aromatic nitrogens is 2. The highest BCUT2D eigenvalue weighted by Crippen LogP contribution is 2.22. The number of thioether (sulfide) groups is 1. The average molecular weight is 353 g/mol. The number of nitrogens with one attached hydrogen (secondary N) is 1. The molecule has 1 amide bonds. The largest absolute Gasteiger partial charge is 0.481 e. The quantitative estimate of drug-likeness (QED) is 0.551. The van der Waals surface area contributed by atoms with Gasteiger partial charge in [0.15, 0.2) is 5.16 Å². The van der Waals surface area contributed by atoms with Gasteiger partial charge >= 0.3 is 5.97 Å². The Hall–Kier alpha value is -1.63.